The fraction of sp³-hybridized carbons (Fsp3) is 0.129. The van der Waals surface area contributed by atoms with Crippen LogP contribution in [0.1, 0.15) is 31.2 Å². The molecule has 2 amide bonds. The van der Waals surface area contributed by atoms with E-state index >= 15 is 0 Å². The molecular weight excluding hydrogens is 540 g/mol. The number of ketones is 1. The zero-order chi connectivity index (χ0) is 29.3. The van der Waals surface area contributed by atoms with Crippen LogP contribution in [0.2, 0.25) is 0 Å². The first-order chi connectivity index (χ1) is 19.7. The minimum absolute atomic E-state index is 0.0593. The molecule has 0 unspecified atom stereocenters. The number of nitrogens with zero attached hydrogens (tertiary/aromatic N) is 2. The number of fused-ring (bicyclic) bond motifs is 1. The van der Waals surface area contributed by atoms with Gasteiger partial charge in [-0.1, -0.05) is 36.4 Å². The Morgan fingerprint density at radius 1 is 0.927 bits per heavy atom. The first-order valence-corrected chi connectivity index (χ1v) is 13.6. The topological polar surface area (TPSA) is 138 Å². The lowest BCUT2D eigenvalue weighted by Crippen LogP contribution is -2.21. The molecule has 5 aromatic rings. The zero-order valence-electron chi connectivity index (χ0n) is 22.4. The summed E-state index contributed by atoms with van der Waals surface area (Å²) in [4.78, 5) is 40.5. The van der Waals surface area contributed by atoms with Crippen LogP contribution in [0.15, 0.2) is 78.9 Å². The Morgan fingerprint density at radius 2 is 1.66 bits per heavy atom. The second kappa shape index (κ2) is 11.4. The molecule has 0 atom stereocenters. The lowest BCUT2D eigenvalue weighted by Gasteiger charge is -2.12. The molecule has 5 N–H and O–H groups in total. The van der Waals surface area contributed by atoms with E-state index in [4.69, 9.17) is 10.9 Å². The SMILES string of the molecule is CN(C)C(=O)c1ccc(-c2cc3ccc(C(=O)c4cc(CC(=O)NO)c(-c5cccc(O)c5)s4)cc3n2CN)cc1. The molecule has 2 aromatic heterocycles. The Balaban J connectivity index is 1.52. The molecule has 208 valence electrons. The van der Waals surface area contributed by atoms with Crippen molar-refractivity contribution >= 4 is 39.8 Å². The Bertz CT molecular complexity index is 1790. The van der Waals surface area contributed by atoms with Gasteiger partial charge in [-0.05, 0) is 59.2 Å². The van der Waals surface area contributed by atoms with Crippen molar-refractivity contribution in [3.63, 3.8) is 0 Å². The Morgan fingerprint density at radius 3 is 2.32 bits per heavy atom. The lowest BCUT2D eigenvalue weighted by molar-refractivity contribution is -0.128. The van der Waals surface area contributed by atoms with E-state index in [0.29, 0.717) is 32.0 Å². The van der Waals surface area contributed by atoms with E-state index in [9.17, 15) is 19.5 Å². The third kappa shape index (κ3) is 5.48. The van der Waals surface area contributed by atoms with Gasteiger partial charge in [0.1, 0.15) is 5.75 Å². The lowest BCUT2D eigenvalue weighted by atomic mass is 10.0. The summed E-state index contributed by atoms with van der Waals surface area (Å²) in [6.07, 6.45) is -0.136. The average Bonchev–Trinajstić information content (AvgIpc) is 3.57. The number of rotatable bonds is 8. The number of hydrogen-bond acceptors (Lipinski definition) is 7. The van der Waals surface area contributed by atoms with Gasteiger partial charge >= 0.3 is 0 Å². The maximum Gasteiger partial charge on any atom is 0.253 e. The number of nitrogens with one attached hydrogen (secondary N) is 1. The van der Waals surface area contributed by atoms with Gasteiger partial charge in [0.15, 0.2) is 0 Å². The number of carbonyl (C=O) groups excluding carboxylic acids is 3. The number of nitrogens with two attached hydrogens (primary N) is 1. The van der Waals surface area contributed by atoms with Gasteiger partial charge in [0.25, 0.3) is 5.91 Å². The van der Waals surface area contributed by atoms with E-state index in [2.05, 4.69) is 0 Å². The van der Waals surface area contributed by atoms with Gasteiger partial charge in [0.05, 0.1) is 29.2 Å². The predicted octanol–water partition coefficient (Wildman–Crippen LogP) is 4.64. The van der Waals surface area contributed by atoms with Crippen molar-refractivity contribution in [3.05, 3.63) is 100 Å². The average molecular weight is 569 g/mol. The van der Waals surface area contributed by atoms with Crippen LogP contribution in [-0.4, -0.2) is 51.5 Å². The van der Waals surface area contributed by atoms with Crippen molar-refractivity contribution in [3.8, 4) is 27.4 Å². The van der Waals surface area contributed by atoms with Crippen LogP contribution in [0.5, 0.6) is 5.75 Å². The molecule has 10 heteroatoms. The normalized spacial score (nSPS) is 11.0. The highest BCUT2D eigenvalue weighted by atomic mass is 32.1. The van der Waals surface area contributed by atoms with E-state index < -0.39 is 5.91 Å². The van der Waals surface area contributed by atoms with Gasteiger partial charge in [-0.15, -0.1) is 11.3 Å². The molecule has 0 radical (unpaired) electrons. The van der Waals surface area contributed by atoms with Crippen molar-refractivity contribution in [2.24, 2.45) is 5.73 Å². The van der Waals surface area contributed by atoms with Crippen LogP contribution in [-0.2, 0) is 17.9 Å². The van der Waals surface area contributed by atoms with Crippen molar-refractivity contribution in [2.75, 3.05) is 14.1 Å². The Kier molecular flexibility index (Phi) is 7.71. The number of thiophene rings is 1. The number of hydroxylamine groups is 1. The number of phenols is 1. The summed E-state index contributed by atoms with van der Waals surface area (Å²) in [5.74, 6) is -0.868. The number of benzene rings is 3. The molecule has 5 rings (SSSR count). The van der Waals surface area contributed by atoms with Crippen molar-refractivity contribution in [2.45, 2.75) is 13.1 Å². The third-order valence-corrected chi connectivity index (χ3v) is 8.02. The van der Waals surface area contributed by atoms with Gasteiger partial charge in [-0.25, -0.2) is 5.48 Å². The van der Waals surface area contributed by atoms with Crippen LogP contribution in [0.4, 0.5) is 0 Å². The quantitative estimate of drug-likeness (QED) is 0.122. The number of amides is 2. The molecule has 3 aromatic carbocycles. The van der Waals surface area contributed by atoms with Crippen LogP contribution in [0.25, 0.3) is 32.6 Å². The van der Waals surface area contributed by atoms with Crippen molar-refractivity contribution in [1.29, 1.82) is 0 Å². The zero-order valence-corrected chi connectivity index (χ0v) is 23.2. The van der Waals surface area contributed by atoms with Crippen LogP contribution >= 0.6 is 11.3 Å². The van der Waals surface area contributed by atoms with Gasteiger partial charge < -0.3 is 20.3 Å². The van der Waals surface area contributed by atoms with E-state index in [1.54, 1.807) is 68.1 Å². The Labute approximate surface area is 240 Å². The minimum Gasteiger partial charge on any atom is -0.508 e. The fourth-order valence-electron chi connectivity index (χ4n) is 4.79. The number of aromatic hydroxyl groups is 1. The minimum atomic E-state index is -0.614. The molecule has 0 saturated carbocycles. The van der Waals surface area contributed by atoms with Crippen molar-refractivity contribution < 1.29 is 24.7 Å². The van der Waals surface area contributed by atoms with Crippen LogP contribution < -0.4 is 11.2 Å². The summed E-state index contributed by atoms with van der Waals surface area (Å²) in [5.41, 5.74) is 12.6. The highest BCUT2D eigenvalue weighted by molar-refractivity contribution is 7.17. The standard InChI is InChI=1S/C31H28N4O5S/c1-34(2)31(39)19-8-6-18(7-9-19)25-13-20-10-11-21(14-26(20)35(25)17-32)29(38)27-15-23(16-28(37)33-40)30(41-27)22-4-3-5-24(36)12-22/h3-15,36,40H,16-17,32H2,1-2H3,(H,33,37). The summed E-state index contributed by atoms with van der Waals surface area (Å²) in [7, 11) is 3.41. The van der Waals surface area contributed by atoms with Crippen LogP contribution in [0, 0.1) is 0 Å². The number of aromatic nitrogens is 1. The molecule has 0 fully saturated rings. The van der Waals surface area contributed by atoms with Gasteiger partial charge in [0, 0.05) is 35.5 Å². The molecular formula is C31H28N4O5S. The first kappa shape index (κ1) is 27.8. The van der Waals surface area contributed by atoms with Gasteiger partial charge in [-0.3, -0.25) is 19.6 Å². The monoisotopic (exact) mass is 568 g/mol. The predicted molar refractivity (Wildman–Crippen MR) is 158 cm³/mol. The summed E-state index contributed by atoms with van der Waals surface area (Å²) in [5, 5.41) is 19.9. The van der Waals surface area contributed by atoms with Crippen LogP contribution in [0.3, 0.4) is 0 Å². The van der Waals surface area contributed by atoms with E-state index in [-0.39, 0.29) is 30.5 Å². The maximum atomic E-state index is 13.7. The number of phenolic OH excluding ortho intramolecular Hbond substituents is 1. The number of carbonyl (C=O) groups is 3. The molecule has 9 nitrogen and oxygen atoms in total. The summed E-state index contributed by atoms with van der Waals surface area (Å²) >= 11 is 1.21. The Hall–Kier alpha value is -4.77. The fourth-order valence-corrected chi connectivity index (χ4v) is 5.93. The van der Waals surface area contributed by atoms with E-state index in [1.165, 1.54) is 22.3 Å². The summed E-state index contributed by atoms with van der Waals surface area (Å²) in [6.45, 7) is 0.177. The highest BCUT2D eigenvalue weighted by Crippen LogP contribution is 2.36. The van der Waals surface area contributed by atoms with Gasteiger partial charge in [-0.2, -0.15) is 0 Å². The van der Waals surface area contributed by atoms with E-state index in [1.807, 2.05) is 28.8 Å². The molecule has 0 aliphatic rings. The van der Waals surface area contributed by atoms with E-state index in [0.717, 1.165) is 22.2 Å². The summed E-state index contributed by atoms with van der Waals surface area (Å²) in [6, 6.07) is 22.9. The highest BCUT2D eigenvalue weighted by Gasteiger charge is 2.21. The molecule has 0 bridgehead atoms. The second-order valence-corrected chi connectivity index (χ2v) is 10.8. The van der Waals surface area contributed by atoms with Crippen molar-refractivity contribution in [1.82, 2.24) is 14.9 Å². The largest absolute Gasteiger partial charge is 0.508 e. The molecule has 0 spiro atoms. The maximum absolute atomic E-state index is 13.7. The summed E-state index contributed by atoms with van der Waals surface area (Å²) < 4.78 is 1.92. The molecule has 2 heterocycles. The second-order valence-electron chi connectivity index (χ2n) is 9.75. The smallest absolute Gasteiger partial charge is 0.253 e. The third-order valence-electron chi connectivity index (χ3n) is 6.80. The molecule has 0 aliphatic carbocycles. The molecule has 0 saturated heterocycles. The molecule has 41 heavy (non-hydrogen) atoms. The van der Waals surface area contributed by atoms with Gasteiger partial charge in [0.2, 0.25) is 11.7 Å². The molecule has 0 aliphatic heterocycles. The number of hydrogen-bond donors (Lipinski definition) is 4. The first-order valence-electron chi connectivity index (χ1n) is 12.8.